The Hall–Kier alpha value is -1.37. The van der Waals surface area contributed by atoms with Crippen molar-refractivity contribution in [2.45, 2.75) is 19.8 Å². The van der Waals surface area contributed by atoms with Crippen LogP contribution >= 0.6 is 15.9 Å². The zero-order valence-corrected chi connectivity index (χ0v) is 11.2. The first-order chi connectivity index (χ1) is 8.15. The fourth-order valence-electron chi connectivity index (χ4n) is 1.25. The number of anilines is 2. The molecule has 6 nitrogen and oxygen atoms in total. The highest BCUT2D eigenvalue weighted by molar-refractivity contribution is 9.10. The molecule has 1 heterocycles. The fourth-order valence-corrected chi connectivity index (χ4v) is 1.74. The molecule has 1 amide bonds. The molecular weight excluding hydrogens is 286 g/mol. The third-order valence-corrected chi connectivity index (χ3v) is 2.78. The maximum Gasteiger partial charge on any atom is 0.217 e. The summed E-state index contributed by atoms with van der Waals surface area (Å²) >= 11 is 3.42. The van der Waals surface area contributed by atoms with Gasteiger partial charge in [-0.25, -0.2) is 9.97 Å². The highest BCUT2D eigenvalue weighted by Crippen LogP contribution is 2.26. The van der Waals surface area contributed by atoms with Crippen LogP contribution in [-0.2, 0) is 4.79 Å². The number of nitrogens with zero attached hydrogens (tertiary/aromatic N) is 2. The van der Waals surface area contributed by atoms with Gasteiger partial charge in [0.2, 0.25) is 5.91 Å². The molecule has 0 aliphatic carbocycles. The van der Waals surface area contributed by atoms with Crippen molar-refractivity contribution < 1.29 is 4.79 Å². The van der Waals surface area contributed by atoms with Crippen molar-refractivity contribution in [3.63, 3.8) is 0 Å². The smallest absolute Gasteiger partial charge is 0.217 e. The number of rotatable bonds is 7. The predicted octanol–water partition coefficient (Wildman–Crippen LogP) is 1.35. The normalized spacial score (nSPS) is 10.0. The van der Waals surface area contributed by atoms with Gasteiger partial charge in [0.25, 0.3) is 0 Å². The van der Waals surface area contributed by atoms with Gasteiger partial charge in [-0.05, 0) is 29.3 Å². The molecule has 0 aliphatic heterocycles. The van der Waals surface area contributed by atoms with Gasteiger partial charge in [-0.2, -0.15) is 0 Å². The molecule has 17 heavy (non-hydrogen) atoms. The summed E-state index contributed by atoms with van der Waals surface area (Å²) in [5, 5.41) is 6.23. The Balaban J connectivity index is 2.53. The number of hydrogen-bond donors (Lipinski definition) is 3. The standard InChI is InChI=1S/C10H16BrN5O/c1-2-13-9-8(11)10(16-6-15-9)14-5-3-4-7(12)17/h6H,2-5H2,1H3,(H2,12,17)(H2,13,14,15,16). The van der Waals surface area contributed by atoms with E-state index in [1.165, 1.54) is 6.33 Å². The molecule has 7 heteroatoms. The number of halogens is 1. The van der Waals surface area contributed by atoms with Crippen molar-refractivity contribution in [2.75, 3.05) is 23.7 Å². The quantitative estimate of drug-likeness (QED) is 0.661. The average molecular weight is 302 g/mol. The van der Waals surface area contributed by atoms with Crippen LogP contribution in [0.3, 0.4) is 0 Å². The molecule has 1 rings (SSSR count). The van der Waals surface area contributed by atoms with Crippen molar-refractivity contribution >= 4 is 33.5 Å². The average Bonchev–Trinajstić information content (AvgIpc) is 2.29. The van der Waals surface area contributed by atoms with E-state index >= 15 is 0 Å². The molecule has 1 aromatic heterocycles. The van der Waals surface area contributed by atoms with Crippen LogP contribution in [0.5, 0.6) is 0 Å². The van der Waals surface area contributed by atoms with Crippen molar-refractivity contribution in [2.24, 2.45) is 5.73 Å². The van der Waals surface area contributed by atoms with E-state index in [-0.39, 0.29) is 5.91 Å². The maximum atomic E-state index is 10.6. The number of nitrogens with two attached hydrogens (primary N) is 1. The van der Waals surface area contributed by atoms with Crippen LogP contribution in [0.2, 0.25) is 0 Å². The van der Waals surface area contributed by atoms with E-state index in [4.69, 9.17) is 5.73 Å². The van der Waals surface area contributed by atoms with Crippen LogP contribution in [0.1, 0.15) is 19.8 Å². The van der Waals surface area contributed by atoms with Gasteiger partial charge in [-0.1, -0.05) is 0 Å². The molecular formula is C10H16BrN5O. The maximum absolute atomic E-state index is 10.6. The molecule has 0 fully saturated rings. The van der Waals surface area contributed by atoms with Crippen molar-refractivity contribution in [3.8, 4) is 0 Å². The van der Waals surface area contributed by atoms with E-state index in [0.717, 1.165) is 16.8 Å². The molecule has 0 atom stereocenters. The van der Waals surface area contributed by atoms with E-state index in [2.05, 4.69) is 36.5 Å². The second kappa shape index (κ2) is 7.05. The van der Waals surface area contributed by atoms with Gasteiger partial charge in [0.1, 0.15) is 22.4 Å². The van der Waals surface area contributed by atoms with Gasteiger partial charge in [-0.15, -0.1) is 0 Å². The second-order valence-corrected chi connectivity index (χ2v) is 4.20. The van der Waals surface area contributed by atoms with Gasteiger partial charge in [0, 0.05) is 19.5 Å². The number of carbonyl (C=O) groups excluding carboxylic acids is 1. The topological polar surface area (TPSA) is 92.9 Å². The van der Waals surface area contributed by atoms with Gasteiger partial charge in [0.15, 0.2) is 0 Å². The molecule has 0 aliphatic rings. The van der Waals surface area contributed by atoms with Crippen LogP contribution in [0.15, 0.2) is 10.8 Å². The van der Waals surface area contributed by atoms with Crippen molar-refractivity contribution in [1.29, 1.82) is 0 Å². The molecule has 94 valence electrons. The van der Waals surface area contributed by atoms with Gasteiger partial charge in [0.05, 0.1) is 0 Å². The third kappa shape index (κ3) is 4.56. The number of carbonyl (C=O) groups is 1. The second-order valence-electron chi connectivity index (χ2n) is 3.41. The first kappa shape index (κ1) is 13.7. The lowest BCUT2D eigenvalue weighted by atomic mass is 10.3. The minimum absolute atomic E-state index is 0.290. The summed E-state index contributed by atoms with van der Waals surface area (Å²) in [7, 11) is 0. The molecule has 0 saturated heterocycles. The molecule has 0 spiro atoms. The minimum Gasteiger partial charge on any atom is -0.370 e. The predicted molar refractivity (Wildman–Crippen MR) is 70.8 cm³/mol. The number of aromatic nitrogens is 2. The number of hydrogen-bond acceptors (Lipinski definition) is 5. The summed E-state index contributed by atoms with van der Waals surface area (Å²) < 4.78 is 0.793. The Morgan fingerprint density at radius 2 is 2.06 bits per heavy atom. The SMILES string of the molecule is CCNc1ncnc(NCCCC(N)=O)c1Br. The molecule has 0 saturated carbocycles. The zero-order chi connectivity index (χ0) is 12.7. The Morgan fingerprint density at radius 3 is 2.65 bits per heavy atom. The molecule has 0 radical (unpaired) electrons. The number of amides is 1. The summed E-state index contributed by atoms with van der Waals surface area (Å²) in [5.74, 6) is 1.17. The van der Waals surface area contributed by atoms with Crippen LogP contribution in [0.25, 0.3) is 0 Å². The van der Waals surface area contributed by atoms with Crippen molar-refractivity contribution in [3.05, 3.63) is 10.8 Å². The summed E-state index contributed by atoms with van der Waals surface area (Å²) in [6.07, 6.45) is 2.54. The number of primary amides is 1. The van der Waals surface area contributed by atoms with E-state index in [1.807, 2.05) is 6.92 Å². The molecule has 0 aromatic carbocycles. The zero-order valence-electron chi connectivity index (χ0n) is 9.66. The van der Waals surface area contributed by atoms with Crippen LogP contribution in [-0.4, -0.2) is 29.0 Å². The lowest BCUT2D eigenvalue weighted by molar-refractivity contribution is -0.118. The van der Waals surface area contributed by atoms with Crippen LogP contribution < -0.4 is 16.4 Å². The molecule has 0 unspecified atom stereocenters. The monoisotopic (exact) mass is 301 g/mol. The van der Waals surface area contributed by atoms with Crippen LogP contribution in [0.4, 0.5) is 11.6 Å². The lowest BCUT2D eigenvalue weighted by Crippen LogP contribution is -2.13. The van der Waals surface area contributed by atoms with E-state index in [1.54, 1.807) is 0 Å². The van der Waals surface area contributed by atoms with E-state index in [0.29, 0.717) is 25.2 Å². The Bertz CT molecular complexity index is 385. The summed E-state index contributed by atoms with van der Waals surface area (Å²) in [4.78, 5) is 18.8. The molecule has 0 bridgehead atoms. The minimum atomic E-state index is -0.290. The van der Waals surface area contributed by atoms with Crippen molar-refractivity contribution in [1.82, 2.24) is 9.97 Å². The summed E-state index contributed by atoms with van der Waals surface area (Å²) in [6, 6.07) is 0. The van der Waals surface area contributed by atoms with E-state index in [9.17, 15) is 4.79 Å². The Morgan fingerprint density at radius 1 is 1.41 bits per heavy atom. The Labute approximate surface area is 109 Å². The molecule has 4 N–H and O–H groups in total. The van der Waals surface area contributed by atoms with Gasteiger partial charge < -0.3 is 16.4 Å². The van der Waals surface area contributed by atoms with E-state index < -0.39 is 0 Å². The largest absolute Gasteiger partial charge is 0.370 e. The highest BCUT2D eigenvalue weighted by Gasteiger charge is 2.07. The summed E-state index contributed by atoms with van der Waals surface area (Å²) in [6.45, 7) is 3.43. The van der Waals surface area contributed by atoms with Crippen LogP contribution in [0, 0.1) is 0 Å². The fraction of sp³-hybridized carbons (Fsp3) is 0.500. The Kier molecular flexibility index (Phi) is 5.68. The highest BCUT2D eigenvalue weighted by atomic mass is 79.9. The van der Waals surface area contributed by atoms with Gasteiger partial charge >= 0.3 is 0 Å². The van der Waals surface area contributed by atoms with Gasteiger partial charge in [-0.3, -0.25) is 4.79 Å². The number of nitrogens with one attached hydrogen (secondary N) is 2. The summed E-state index contributed by atoms with van der Waals surface area (Å²) in [5.41, 5.74) is 5.05. The third-order valence-electron chi connectivity index (χ3n) is 2.03. The molecule has 1 aromatic rings. The first-order valence-electron chi connectivity index (χ1n) is 5.41. The first-order valence-corrected chi connectivity index (χ1v) is 6.21. The lowest BCUT2D eigenvalue weighted by Gasteiger charge is -2.10.